The van der Waals surface area contributed by atoms with Gasteiger partial charge < -0.3 is 33.2 Å². The third-order valence-electron chi connectivity index (χ3n) is 2.63. The first-order valence-electron chi connectivity index (χ1n) is 10.6. The topological polar surface area (TPSA) is 31.5 Å². The van der Waals surface area contributed by atoms with E-state index in [0.29, 0.717) is 0 Å². The van der Waals surface area contributed by atoms with E-state index in [1.807, 2.05) is 60.7 Å². The van der Waals surface area contributed by atoms with Crippen molar-refractivity contribution in [2.45, 2.75) is 79.1 Å². The van der Waals surface area contributed by atoms with Crippen molar-refractivity contribution in [3.8, 4) is 0 Å². The van der Waals surface area contributed by atoms with Gasteiger partial charge in [0, 0.05) is 0 Å². The minimum Gasteiger partial charge on any atom is -0.412 e. The van der Waals surface area contributed by atoms with Crippen molar-refractivity contribution in [1.82, 2.24) is 0 Å². The Hall–Kier alpha value is -0.171. The van der Waals surface area contributed by atoms with Gasteiger partial charge in [0.1, 0.15) is 0 Å². The maximum absolute atomic E-state index is 3.60. The zero-order valence-electron chi connectivity index (χ0n) is 20.8. The van der Waals surface area contributed by atoms with Gasteiger partial charge in [0.15, 0.2) is 0 Å². The quantitative estimate of drug-likeness (QED) is 0.300. The van der Waals surface area contributed by atoms with Crippen molar-refractivity contribution in [3.05, 3.63) is 100 Å². The van der Waals surface area contributed by atoms with Crippen LogP contribution in [-0.2, 0) is 43.4 Å². The Morgan fingerprint density at radius 1 is 0.452 bits per heavy atom. The molecule has 0 aliphatic carbocycles. The molecular weight excluding hydrogens is 448 g/mol. The van der Waals surface area contributed by atoms with E-state index < -0.39 is 0 Å². The normalized spacial score (nSPS) is 6.97. The Labute approximate surface area is 227 Å². The summed E-state index contributed by atoms with van der Waals surface area (Å²) in [5.74, 6) is 0. The molecule has 0 saturated carbocycles. The van der Waals surface area contributed by atoms with Gasteiger partial charge in [-0.1, -0.05) is 53.4 Å². The molecule has 0 spiro atoms. The van der Waals surface area contributed by atoms with Crippen LogP contribution >= 0.6 is 0 Å². The van der Waals surface area contributed by atoms with Gasteiger partial charge in [0.25, 0.3) is 0 Å². The van der Waals surface area contributed by atoms with E-state index in [-0.39, 0.29) is 48.9 Å². The number of hydrogen-bond acceptors (Lipinski definition) is 0. The maximum Gasteiger partial charge on any atom is 3.00 e. The van der Waals surface area contributed by atoms with Crippen LogP contribution in [-0.4, -0.2) is 5.48 Å². The first-order valence-corrected chi connectivity index (χ1v) is 10.6. The fourth-order valence-electron chi connectivity index (χ4n) is 0.684. The molecular formula is C28H48OTi2. The second-order valence-electron chi connectivity index (χ2n) is 5.57. The van der Waals surface area contributed by atoms with Crippen molar-refractivity contribution >= 4 is 0 Å². The molecule has 2 radical (unpaired) electrons. The van der Waals surface area contributed by atoms with Crippen molar-refractivity contribution in [3.63, 3.8) is 0 Å². The Morgan fingerprint density at radius 3 is 0.645 bits per heavy atom. The summed E-state index contributed by atoms with van der Waals surface area (Å²) in [6.07, 6.45) is 9.11. The van der Waals surface area contributed by atoms with Gasteiger partial charge in [-0.25, -0.2) is 0 Å². The summed E-state index contributed by atoms with van der Waals surface area (Å²) in [6, 6.07) is 25.0. The molecule has 0 fully saturated rings. The molecule has 0 amide bonds. The fraction of sp³-hybridized carbons (Fsp3) is 0.429. The second-order valence-corrected chi connectivity index (χ2v) is 5.57. The molecule has 2 aromatic rings. The summed E-state index contributed by atoms with van der Waals surface area (Å²) in [7, 11) is 0. The van der Waals surface area contributed by atoms with E-state index >= 15 is 0 Å². The van der Waals surface area contributed by atoms with Crippen LogP contribution in [0.15, 0.2) is 60.7 Å². The van der Waals surface area contributed by atoms with Gasteiger partial charge in [-0.2, -0.15) is 98.5 Å². The molecule has 0 atom stereocenters. The van der Waals surface area contributed by atoms with Crippen LogP contribution in [0.25, 0.3) is 0 Å². The minimum atomic E-state index is 0. The first kappa shape index (κ1) is 48.3. The summed E-state index contributed by atoms with van der Waals surface area (Å²) in [5.41, 5.74) is 0. The van der Waals surface area contributed by atoms with Crippen molar-refractivity contribution in [1.29, 1.82) is 0 Å². The first-order chi connectivity index (χ1) is 13.7. The maximum atomic E-state index is 3.60. The average molecular weight is 496 g/mol. The largest absolute Gasteiger partial charge is 3.00 e. The monoisotopic (exact) mass is 496 g/mol. The van der Waals surface area contributed by atoms with E-state index in [0.717, 1.165) is 25.7 Å². The Morgan fingerprint density at radius 2 is 0.613 bits per heavy atom. The minimum absolute atomic E-state index is 0. The number of unbranched alkanes of at least 4 members (excludes halogenated alkanes) is 4. The standard InChI is InChI=1S/2C6H5.4C4H9.H2O.2Ti/c2*1-2-4-6-5-3-1;4*1-3-4-2;;;/h2*1-5H;4*1,3-4H2,2H3;1H2;;/q6*-1;;2*+3. The summed E-state index contributed by atoms with van der Waals surface area (Å²) >= 11 is 0. The summed E-state index contributed by atoms with van der Waals surface area (Å²) < 4.78 is 0. The Balaban J connectivity index is -0.0000000444. The van der Waals surface area contributed by atoms with Gasteiger partial charge in [-0.15, -0.1) is 0 Å². The Bertz CT molecular complexity index is 274. The molecule has 0 aromatic heterocycles. The molecule has 0 saturated heterocycles. The molecule has 0 bridgehead atoms. The Kier molecular flexibility index (Phi) is 98.3. The van der Waals surface area contributed by atoms with Gasteiger partial charge >= 0.3 is 43.4 Å². The zero-order valence-corrected chi connectivity index (χ0v) is 23.9. The van der Waals surface area contributed by atoms with Crippen molar-refractivity contribution in [2.24, 2.45) is 0 Å². The van der Waals surface area contributed by atoms with Crippen LogP contribution in [0.1, 0.15) is 79.1 Å². The van der Waals surface area contributed by atoms with Crippen LogP contribution in [0.2, 0.25) is 0 Å². The van der Waals surface area contributed by atoms with Crippen molar-refractivity contribution < 1.29 is 48.9 Å². The number of rotatable bonds is 4. The molecule has 2 N–H and O–H groups in total. The molecule has 0 aliphatic heterocycles. The molecule has 0 unspecified atom stereocenters. The van der Waals surface area contributed by atoms with Crippen LogP contribution in [0, 0.1) is 39.8 Å². The molecule has 2 aromatic carbocycles. The van der Waals surface area contributed by atoms with E-state index in [9.17, 15) is 0 Å². The molecule has 0 heterocycles. The SMILES string of the molecule is O.[CH2-]CCC.[CH2-]CCC.[CH2-]CCC.[CH2-]CCC.[Ti+3].[Ti+3].[c-]1ccccc1.[c-]1ccccc1. The predicted octanol–water partition coefficient (Wildman–Crippen LogP) is 8.63. The average Bonchev–Trinajstić information content (AvgIpc) is 2.82. The molecule has 31 heavy (non-hydrogen) atoms. The molecule has 1 nitrogen and oxygen atoms in total. The van der Waals surface area contributed by atoms with Crippen LogP contribution in [0.4, 0.5) is 0 Å². The number of benzene rings is 2. The van der Waals surface area contributed by atoms with E-state index in [1.165, 1.54) is 25.7 Å². The van der Waals surface area contributed by atoms with E-state index in [2.05, 4.69) is 67.5 Å². The third-order valence-corrected chi connectivity index (χ3v) is 2.63. The van der Waals surface area contributed by atoms with Crippen LogP contribution in [0.3, 0.4) is 0 Å². The van der Waals surface area contributed by atoms with Gasteiger partial charge in [-0.05, 0) is 0 Å². The molecule has 3 heteroatoms. The van der Waals surface area contributed by atoms with Gasteiger partial charge in [0.2, 0.25) is 0 Å². The third kappa shape index (κ3) is 92.2. The van der Waals surface area contributed by atoms with E-state index in [1.54, 1.807) is 0 Å². The van der Waals surface area contributed by atoms with E-state index in [4.69, 9.17) is 0 Å². The van der Waals surface area contributed by atoms with Gasteiger partial charge in [0.05, 0.1) is 0 Å². The molecule has 2 rings (SSSR count). The van der Waals surface area contributed by atoms with Gasteiger partial charge in [-0.3, -0.25) is 0 Å². The summed E-state index contributed by atoms with van der Waals surface area (Å²) in [5, 5.41) is 0. The number of hydrogen-bond donors (Lipinski definition) is 0. The van der Waals surface area contributed by atoms with Crippen LogP contribution in [0.5, 0.6) is 0 Å². The van der Waals surface area contributed by atoms with Crippen molar-refractivity contribution in [2.75, 3.05) is 0 Å². The summed E-state index contributed by atoms with van der Waals surface area (Å²) in [6.45, 7) is 22.9. The smallest absolute Gasteiger partial charge is 0.412 e. The van der Waals surface area contributed by atoms with Crippen LogP contribution < -0.4 is 0 Å². The second kappa shape index (κ2) is 63.1. The predicted molar refractivity (Wildman–Crippen MR) is 135 cm³/mol. The summed E-state index contributed by atoms with van der Waals surface area (Å²) in [4.78, 5) is 0. The fourth-order valence-corrected chi connectivity index (χ4v) is 0.684. The zero-order chi connectivity index (χ0) is 22.1. The molecule has 0 aliphatic rings. The molecule has 174 valence electrons.